The van der Waals surface area contributed by atoms with Crippen molar-refractivity contribution in [1.82, 2.24) is 0 Å². The van der Waals surface area contributed by atoms with Gasteiger partial charge >= 0.3 is 11.9 Å². The number of methoxy groups -OCH3 is 1. The van der Waals surface area contributed by atoms with Crippen LogP contribution in [0.1, 0.15) is 12.0 Å². The molecule has 186 valence electrons. The number of aliphatic hydroxyl groups excluding tert-OH is 5. The average molecular weight is 480 g/mol. The Morgan fingerprint density at radius 2 is 1.74 bits per heavy atom. The van der Waals surface area contributed by atoms with E-state index in [1.54, 1.807) is 24.3 Å². The third kappa shape index (κ3) is 6.27. The summed E-state index contributed by atoms with van der Waals surface area (Å²) < 4.78 is 20.7. The number of carbonyl (C=O) groups is 2. The van der Waals surface area contributed by atoms with E-state index in [4.69, 9.17) is 14.2 Å². The number of benzene rings is 1. The predicted octanol–water partition coefficient (Wildman–Crippen LogP) is -1.34. The number of rotatable bonds is 7. The number of ether oxygens (including phenoxy) is 4. The average Bonchev–Trinajstić information content (AvgIpc) is 2.84. The van der Waals surface area contributed by atoms with Crippen LogP contribution in [-0.2, 0) is 28.5 Å². The number of hydrogen-bond donors (Lipinski definition) is 5. The van der Waals surface area contributed by atoms with Crippen molar-refractivity contribution in [2.24, 2.45) is 0 Å². The van der Waals surface area contributed by atoms with Gasteiger partial charge in [-0.3, -0.25) is 0 Å². The fraction of sp³-hybridized carbons (Fsp3) is 0.478. The van der Waals surface area contributed by atoms with Crippen LogP contribution in [0.5, 0.6) is 0 Å². The first-order chi connectivity index (χ1) is 16.2. The van der Waals surface area contributed by atoms with E-state index in [-0.39, 0.29) is 12.0 Å². The van der Waals surface area contributed by atoms with E-state index >= 15 is 0 Å². The topological polar surface area (TPSA) is 172 Å². The fourth-order valence-corrected chi connectivity index (χ4v) is 3.62. The second kappa shape index (κ2) is 11.7. The smallest absolute Gasteiger partial charge is 0.333 e. The molecule has 5 N–H and O–H groups in total. The lowest BCUT2D eigenvalue weighted by Crippen LogP contribution is -2.60. The SMILES string of the molecule is COC(=O)C1=C[C@@H](O)[C@@H](O)[C@H](O[C@@H]2O[C@H](COC(=O)/C=C/c3ccccc3)[C@@H](O)[C@H](O)[C@H]2O)C1. The molecule has 0 aromatic heterocycles. The van der Waals surface area contributed by atoms with Crippen LogP contribution in [0, 0.1) is 0 Å². The summed E-state index contributed by atoms with van der Waals surface area (Å²) in [6.45, 7) is -0.466. The molecule has 1 aromatic carbocycles. The van der Waals surface area contributed by atoms with Gasteiger partial charge in [-0.1, -0.05) is 30.3 Å². The Bertz CT molecular complexity index is 899. The van der Waals surface area contributed by atoms with Crippen molar-refractivity contribution in [3.05, 3.63) is 53.6 Å². The van der Waals surface area contributed by atoms with E-state index in [1.165, 1.54) is 12.2 Å². The van der Waals surface area contributed by atoms with E-state index < -0.39 is 67.6 Å². The van der Waals surface area contributed by atoms with Gasteiger partial charge < -0.3 is 44.5 Å². The Kier molecular flexibility index (Phi) is 8.91. The zero-order valence-electron chi connectivity index (χ0n) is 18.3. The zero-order chi connectivity index (χ0) is 24.8. The van der Waals surface area contributed by atoms with Crippen molar-refractivity contribution >= 4 is 18.0 Å². The molecule has 1 aromatic rings. The van der Waals surface area contributed by atoms with Gasteiger partial charge in [0.1, 0.15) is 43.2 Å². The van der Waals surface area contributed by atoms with Crippen LogP contribution in [0.25, 0.3) is 6.08 Å². The lowest BCUT2D eigenvalue weighted by molar-refractivity contribution is -0.319. The molecule has 0 radical (unpaired) electrons. The van der Waals surface area contributed by atoms with Gasteiger partial charge in [-0.15, -0.1) is 0 Å². The molecule has 0 spiro atoms. The molecule has 1 aliphatic carbocycles. The normalized spacial score (nSPS) is 33.9. The number of esters is 2. The molecule has 1 fully saturated rings. The summed E-state index contributed by atoms with van der Waals surface area (Å²) >= 11 is 0. The summed E-state index contributed by atoms with van der Waals surface area (Å²) in [6.07, 6.45) is -8.30. The van der Waals surface area contributed by atoms with Crippen LogP contribution in [0.2, 0.25) is 0 Å². The largest absolute Gasteiger partial charge is 0.466 e. The van der Waals surface area contributed by atoms with Crippen molar-refractivity contribution < 1.29 is 54.1 Å². The maximum Gasteiger partial charge on any atom is 0.333 e. The van der Waals surface area contributed by atoms with Gasteiger partial charge in [0, 0.05) is 18.1 Å². The quantitative estimate of drug-likeness (QED) is 0.231. The predicted molar refractivity (Wildman–Crippen MR) is 115 cm³/mol. The van der Waals surface area contributed by atoms with E-state index in [0.717, 1.165) is 18.7 Å². The Labute approximate surface area is 195 Å². The van der Waals surface area contributed by atoms with Crippen LogP contribution in [-0.4, -0.2) is 100 Å². The fourth-order valence-electron chi connectivity index (χ4n) is 3.62. The lowest BCUT2D eigenvalue weighted by Gasteiger charge is -2.42. The molecule has 1 aliphatic heterocycles. The summed E-state index contributed by atoms with van der Waals surface area (Å²) in [7, 11) is 1.16. The maximum atomic E-state index is 12.0. The van der Waals surface area contributed by atoms with Crippen molar-refractivity contribution in [1.29, 1.82) is 0 Å². The van der Waals surface area contributed by atoms with Gasteiger partial charge in [-0.05, 0) is 17.7 Å². The number of hydrogen-bond acceptors (Lipinski definition) is 11. The van der Waals surface area contributed by atoms with Crippen molar-refractivity contribution in [3.8, 4) is 0 Å². The molecule has 0 amide bonds. The molecular formula is C23H28O11. The second-order valence-corrected chi connectivity index (χ2v) is 7.93. The van der Waals surface area contributed by atoms with Crippen molar-refractivity contribution in [2.75, 3.05) is 13.7 Å². The van der Waals surface area contributed by atoms with Gasteiger partial charge in [0.15, 0.2) is 6.29 Å². The van der Waals surface area contributed by atoms with Crippen LogP contribution in [0.3, 0.4) is 0 Å². The molecule has 8 atom stereocenters. The first-order valence-corrected chi connectivity index (χ1v) is 10.6. The van der Waals surface area contributed by atoms with Gasteiger partial charge in [0.2, 0.25) is 0 Å². The first-order valence-electron chi connectivity index (χ1n) is 10.6. The third-order valence-corrected chi connectivity index (χ3v) is 5.55. The Balaban J connectivity index is 1.62. The van der Waals surface area contributed by atoms with Crippen molar-refractivity contribution in [3.63, 3.8) is 0 Å². The molecule has 11 heteroatoms. The standard InChI is InChI=1S/C23H28O11/c1-31-22(30)13-9-14(24)18(26)15(10-13)33-23-21(29)20(28)19(27)16(34-23)11-32-17(25)8-7-12-5-3-2-4-6-12/h2-9,14-16,18-21,23-24,26-29H,10-11H2,1H3/b8-7+/t14-,15-,16-,18-,19-,20+,21-,23-/m1/s1. The highest BCUT2D eigenvalue weighted by atomic mass is 16.7. The highest BCUT2D eigenvalue weighted by Gasteiger charge is 2.47. The minimum Gasteiger partial charge on any atom is -0.466 e. The van der Waals surface area contributed by atoms with Gasteiger partial charge in [-0.2, -0.15) is 0 Å². The van der Waals surface area contributed by atoms with E-state index in [1.807, 2.05) is 6.07 Å². The number of carbonyl (C=O) groups excluding carboxylic acids is 2. The summed E-state index contributed by atoms with van der Waals surface area (Å²) in [6, 6.07) is 9.01. The molecule has 0 unspecified atom stereocenters. The van der Waals surface area contributed by atoms with Crippen LogP contribution >= 0.6 is 0 Å². The van der Waals surface area contributed by atoms with E-state index in [9.17, 15) is 35.1 Å². The minimum atomic E-state index is -1.73. The van der Waals surface area contributed by atoms with Gasteiger partial charge in [0.25, 0.3) is 0 Å². The molecule has 34 heavy (non-hydrogen) atoms. The van der Waals surface area contributed by atoms with Crippen LogP contribution in [0.15, 0.2) is 48.1 Å². The Morgan fingerprint density at radius 3 is 2.41 bits per heavy atom. The highest BCUT2D eigenvalue weighted by Crippen LogP contribution is 2.29. The van der Waals surface area contributed by atoms with Gasteiger partial charge in [0.05, 0.1) is 13.2 Å². The molecule has 0 saturated carbocycles. The zero-order valence-corrected chi connectivity index (χ0v) is 18.3. The molecule has 1 saturated heterocycles. The first kappa shape index (κ1) is 26.0. The Hall–Kier alpha value is -2.64. The highest BCUT2D eigenvalue weighted by molar-refractivity contribution is 5.88. The summed E-state index contributed by atoms with van der Waals surface area (Å²) in [5, 5.41) is 51.0. The van der Waals surface area contributed by atoms with Gasteiger partial charge in [-0.25, -0.2) is 9.59 Å². The minimum absolute atomic E-state index is 0.0480. The van der Waals surface area contributed by atoms with E-state index in [0.29, 0.717) is 0 Å². The summed E-state index contributed by atoms with van der Waals surface area (Å²) in [5.41, 5.74) is 0.820. The molecule has 0 bridgehead atoms. The van der Waals surface area contributed by atoms with Crippen LogP contribution < -0.4 is 0 Å². The molecule has 3 rings (SSSR count). The maximum absolute atomic E-state index is 12.0. The summed E-state index contributed by atoms with van der Waals surface area (Å²) in [5.74, 6) is -1.45. The molecule has 11 nitrogen and oxygen atoms in total. The van der Waals surface area contributed by atoms with E-state index in [2.05, 4.69) is 4.74 Å². The molecule has 1 heterocycles. The lowest BCUT2D eigenvalue weighted by atomic mass is 9.91. The molecule has 2 aliphatic rings. The molecular weight excluding hydrogens is 452 g/mol. The van der Waals surface area contributed by atoms with Crippen LogP contribution in [0.4, 0.5) is 0 Å². The van der Waals surface area contributed by atoms with Crippen molar-refractivity contribution in [2.45, 2.75) is 55.4 Å². The Morgan fingerprint density at radius 1 is 1.03 bits per heavy atom. The number of aliphatic hydroxyl groups is 5. The summed E-state index contributed by atoms with van der Waals surface area (Å²) in [4.78, 5) is 23.8. The second-order valence-electron chi connectivity index (χ2n) is 7.93. The monoisotopic (exact) mass is 480 g/mol. The third-order valence-electron chi connectivity index (χ3n) is 5.55.